The van der Waals surface area contributed by atoms with Crippen molar-refractivity contribution < 1.29 is 0 Å². The Balaban J connectivity index is 2.13. The lowest BCUT2D eigenvalue weighted by molar-refractivity contribution is 0.410. The van der Waals surface area contributed by atoms with E-state index < -0.39 is 5.54 Å². The van der Waals surface area contributed by atoms with Crippen LogP contribution in [0, 0.1) is 0 Å². The smallest absolute Gasteiger partial charge is 0.322 e. The predicted octanol–water partition coefficient (Wildman–Crippen LogP) is 2.36. The molecular weight excluding hydrogens is 298 g/mol. The van der Waals surface area contributed by atoms with Crippen LogP contribution in [0.1, 0.15) is 32.5 Å². The number of hydrogen-bond acceptors (Lipinski definition) is 5. The molecule has 2 aromatic heterocycles. The van der Waals surface area contributed by atoms with Crippen LogP contribution in [0.5, 0.6) is 0 Å². The van der Waals surface area contributed by atoms with Crippen molar-refractivity contribution in [2.24, 2.45) is 12.8 Å². The molecule has 3 rings (SSSR count). The number of nitrogens with two attached hydrogens (primary N) is 1. The fourth-order valence-corrected chi connectivity index (χ4v) is 3.42. The summed E-state index contributed by atoms with van der Waals surface area (Å²) in [5.74, 6) is 0.872. The zero-order chi connectivity index (χ0) is 15.9. The Hall–Kier alpha value is -1.99. The van der Waals surface area contributed by atoms with Gasteiger partial charge in [-0.15, -0.1) is 0 Å². The van der Waals surface area contributed by atoms with Gasteiger partial charge in [-0.2, -0.15) is 5.10 Å². The van der Waals surface area contributed by atoms with E-state index in [1.165, 1.54) is 0 Å². The van der Waals surface area contributed by atoms with Crippen molar-refractivity contribution in [2.75, 3.05) is 0 Å². The van der Waals surface area contributed by atoms with Crippen LogP contribution in [0.15, 0.2) is 23.0 Å². The van der Waals surface area contributed by atoms with Crippen LogP contribution in [-0.2, 0) is 12.6 Å². The number of benzene rings is 1. The van der Waals surface area contributed by atoms with Crippen LogP contribution < -0.4 is 10.6 Å². The first-order valence-corrected chi connectivity index (χ1v) is 8.06. The first-order chi connectivity index (χ1) is 10.4. The number of H-pyrrole nitrogens is 1. The number of aryl methyl sites for hydroxylation is 1. The molecule has 0 aliphatic carbocycles. The van der Waals surface area contributed by atoms with E-state index in [0.717, 1.165) is 46.6 Å². The van der Waals surface area contributed by atoms with Gasteiger partial charge in [0.1, 0.15) is 10.8 Å². The number of rotatable bonds is 4. The van der Waals surface area contributed by atoms with Gasteiger partial charge in [0, 0.05) is 12.6 Å². The van der Waals surface area contributed by atoms with Crippen molar-refractivity contribution in [2.45, 2.75) is 32.2 Å². The van der Waals surface area contributed by atoms with Gasteiger partial charge in [-0.25, -0.2) is 10.1 Å². The molecule has 1 unspecified atom stereocenters. The maximum Gasteiger partial charge on any atom is 0.322 e. The van der Waals surface area contributed by atoms with Crippen LogP contribution in [0.25, 0.3) is 21.6 Å². The molecule has 0 bridgehead atoms. The molecule has 2 heterocycles. The lowest BCUT2D eigenvalue weighted by atomic mass is 9.97. The maximum atomic E-state index is 11.3. The highest BCUT2D eigenvalue weighted by molar-refractivity contribution is 7.12. The molecule has 6 nitrogen and oxygen atoms in total. The van der Waals surface area contributed by atoms with Crippen LogP contribution in [0.3, 0.4) is 0 Å². The van der Waals surface area contributed by atoms with E-state index >= 15 is 0 Å². The lowest BCUT2D eigenvalue weighted by Gasteiger charge is -2.23. The molecule has 0 spiro atoms. The van der Waals surface area contributed by atoms with E-state index in [2.05, 4.69) is 17.1 Å². The van der Waals surface area contributed by atoms with Gasteiger partial charge in [-0.05, 0) is 31.5 Å². The minimum absolute atomic E-state index is 0.154. The van der Waals surface area contributed by atoms with Crippen LogP contribution in [0.2, 0.25) is 0 Å². The Morgan fingerprint density at radius 1 is 1.45 bits per heavy atom. The molecule has 116 valence electrons. The van der Waals surface area contributed by atoms with Gasteiger partial charge >= 0.3 is 4.87 Å². The molecule has 0 fully saturated rings. The summed E-state index contributed by atoms with van der Waals surface area (Å²) in [4.78, 5) is 15.8. The zero-order valence-electron chi connectivity index (χ0n) is 12.9. The topological polar surface area (TPSA) is 89.6 Å². The van der Waals surface area contributed by atoms with Gasteiger partial charge < -0.3 is 10.3 Å². The van der Waals surface area contributed by atoms with E-state index in [1.807, 2.05) is 36.7 Å². The first kappa shape index (κ1) is 14.9. The van der Waals surface area contributed by atoms with Crippen LogP contribution in [-0.4, -0.2) is 19.7 Å². The van der Waals surface area contributed by atoms with Gasteiger partial charge in [0.2, 0.25) is 0 Å². The number of imidazole rings is 1. The number of hydrogen-bond donors (Lipinski definition) is 2. The van der Waals surface area contributed by atoms with Crippen molar-refractivity contribution >= 4 is 22.4 Å². The fourth-order valence-electron chi connectivity index (χ4n) is 2.82. The van der Waals surface area contributed by atoms with Gasteiger partial charge in [0.25, 0.3) is 0 Å². The number of nitrogens with zero attached hydrogens (tertiary/aromatic N) is 3. The van der Waals surface area contributed by atoms with Crippen molar-refractivity contribution in [1.29, 1.82) is 0 Å². The normalized spacial score (nSPS) is 14.4. The summed E-state index contributed by atoms with van der Waals surface area (Å²) in [6.45, 7) is 4.13. The summed E-state index contributed by atoms with van der Waals surface area (Å²) in [5.41, 5.74) is 8.76. The summed E-state index contributed by atoms with van der Waals surface area (Å²) >= 11 is 1.10. The van der Waals surface area contributed by atoms with Gasteiger partial charge in [0.15, 0.2) is 0 Å². The van der Waals surface area contributed by atoms with Crippen molar-refractivity contribution in [3.8, 4) is 10.6 Å². The van der Waals surface area contributed by atoms with Crippen LogP contribution in [0.4, 0.5) is 0 Å². The Morgan fingerprint density at radius 3 is 2.86 bits per heavy atom. The third kappa shape index (κ3) is 2.46. The van der Waals surface area contributed by atoms with E-state index in [9.17, 15) is 4.79 Å². The Kier molecular flexibility index (Phi) is 3.62. The molecule has 0 amide bonds. The molecule has 7 heteroatoms. The number of nitrogens with one attached hydrogen (secondary N) is 1. The minimum atomic E-state index is -0.459. The monoisotopic (exact) mass is 317 g/mol. The molecular formula is C15H19N5OS. The van der Waals surface area contributed by atoms with Crippen molar-refractivity contribution in [3.63, 3.8) is 0 Å². The highest BCUT2D eigenvalue weighted by Crippen LogP contribution is 2.29. The summed E-state index contributed by atoms with van der Waals surface area (Å²) in [5, 5.41) is 7.16. The quantitative estimate of drug-likeness (QED) is 0.773. The highest BCUT2D eigenvalue weighted by atomic mass is 32.1. The van der Waals surface area contributed by atoms with E-state index in [4.69, 9.17) is 10.7 Å². The van der Waals surface area contributed by atoms with Gasteiger partial charge in [-0.3, -0.25) is 4.79 Å². The Bertz CT molecular complexity index is 874. The summed E-state index contributed by atoms with van der Waals surface area (Å²) in [7, 11) is 1.97. The minimum Gasteiger partial charge on any atom is -0.330 e. The molecule has 0 saturated heterocycles. The second-order valence-electron chi connectivity index (χ2n) is 5.78. The van der Waals surface area contributed by atoms with E-state index in [-0.39, 0.29) is 4.87 Å². The third-order valence-electron chi connectivity index (χ3n) is 3.85. The van der Waals surface area contributed by atoms with E-state index in [1.54, 1.807) is 0 Å². The average molecular weight is 317 g/mol. The molecule has 3 N–H and O–H groups in total. The number of fused-ring (bicyclic) bond motifs is 1. The zero-order valence-corrected chi connectivity index (χ0v) is 13.7. The van der Waals surface area contributed by atoms with E-state index in [0.29, 0.717) is 5.01 Å². The fraction of sp³-hybridized carbons (Fsp3) is 0.400. The first-order valence-electron chi connectivity index (χ1n) is 7.24. The molecule has 0 aliphatic heterocycles. The molecule has 0 radical (unpaired) electrons. The molecule has 1 aromatic carbocycles. The molecule has 22 heavy (non-hydrogen) atoms. The summed E-state index contributed by atoms with van der Waals surface area (Å²) < 4.78 is 2.03. The van der Waals surface area contributed by atoms with Gasteiger partial charge in [0.05, 0.1) is 16.6 Å². The summed E-state index contributed by atoms with van der Waals surface area (Å²) in [6, 6.07) is 5.88. The maximum absolute atomic E-state index is 11.3. The second kappa shape index (κ2) is 5.33. The highest BCUT2D eigenvalue weighted by Gasteiger charge is 2.26. The average Bonchev–Trinajstić information content (AvgIpc) is 3.03. The van der Waals surface area contributed by atoms with Crippen molar-refractivity contribution in [3.05, 3.63) is 33.7 Å². The van der Waals surface area contributed by atoms with Crippen molar-refractivity contribution in [1.82, 2.24) is 19.7 Å². The molecule has 1 atom stereocenters. The second-order valence-corrected chi connectivity index (χ2v) is 6.75. The molecule has 0 saturated carbocycles. The third-order valence-corrected chi connectivity index (χ3v) is 4.64. The number of aromatic amines is 1. The Morgan fingerprint density at radius 2 is 2.23 bits per heavy atom. The largest absolute Gasteiger partial charge is 0.330 e. The SMILES string of the molecule is CCCC(C)(N)c1nc2ccc(-c3n[nH]c(=O)s3)cc2n1C. The lowest BCUT2D eigenvalue weighted by Crippen LogP contribution is -2.35. The van der Waals surface area contributed by atoms with Crippen LogP contribution >= 0.6 is 11.3 Å². The number of aromatic nitrogens is 4. The molecule has 0 aliphatic rings. The molecule has 3 aromatic rings. The predicted molar refractivity (Wildman–Crippen MR) is 88.9 cm³/mol. The van der Waals surface area contributed by atoms with Gasteiger partial charge in [-0.1, -0.05) is 24.7 Å². The Labute approximate surface area is 132 Å². The summed E-state index contributed by atoms with van der Waals surface area (Å²) in [6.07, 6.45) is 1.88. The standard InChI is InChI=1S/C15H19N5OS/c1-4-7-15(2,16)13-17-10-6-5-9(8-11(10)20(13)3)12-18-19-14(21)22-12/h5-6,8H,4,7,16H2,1-3H3,(H,19,21).